The molecule has 0 spiro atoms. The van der Waals surface area contributed by atoms with Gasteiger partial charge >= 0.3 is 7.60 Å². The molecule has 0 aromatic heterocycles. The first-order valence-electron chi connectivity index (χ1n) is 11.5. The lowest BCUT2D eigenvalue weighted by Gasteiger charge is -2.30. The summed E-state index contributed by atoms with van der Waals surface area (Å²) in [7, 11) is -3.47. The fraction of sp³-hybridized carbons (Fsp3) is 1.00. The first kappa shape index (κ1) is 24.2. The third-order valence-electron chi connectivity index (χ3n) is 5.93. The van der Waals surface area contributed by atoms with Gasteiger partial charge in [-0.15, -0.1) is 0 Å². The van der Waals surface area contributed by atoms with Gasteiger partial charge in [-0.3, -0.25) is 4.57 Å². The van der Waals surface area contributed by atoms with Crippen molar-refractivity contribution in [3.05, 3.63) is 0 Å². The van der Waals surface area contributed by atoms with Gasteiger partial charge in [-0.05, 0) is 31.6 Å². The summed E-state index contributed by atoms with van der Waals surface area (Å²) in [5, 5.41) is 0. The largest absolute Gasteiger partial charge is 0.331 e. The van der Waals surface area contributed by atoms with E-state index in [0.29, 0.717) is 5.92 Å². The summed E-state index contributed by atoms with van der Waals surface area (Å²) in [6.45, 7) is 6.75. The Hall–Kier alpha value is 0.150. The quantitative estimate of drug-likeness (QED) is 0.229. The van der Waals surface area contributed by atoms with E-state index < -0.39 is 7.60 Å². The number of unbranched alkanes of at least 4 members (excludes halogenated alkanes) is 6. The maximum absolute atomic E-state index is 12.9. The monoisotopic (exact) mass is 388 g/mol. The number of hydrogen-bond donors (Lipinski definition) is 1. The Bertz CT molecular complexity index is 380. The zero-order valence-corrected chi connectivity index (χ0v) is 18.7. The van der Waals surface area contributed by atoms with Crippen LogP contribution in [0.5, 0.6) is 0 Å². The molecule has 0 bridgehead atoms. The molecule has 1 saturated carbocycles. The smallest absolute Gasteiger partial charge is 0.324 e. The van der Waals surface area contributed by atoms with Gasteiger partial charge in [-0.1, -0.05) is 97.8 Å². The summed E-state index contributed by atoms with van der Waals surface area (Å²) in [5.41, 5.74) is -0.116. The highest BCUT2D eigenvalue weighted by molar-refractivity contribution is 7.53. The van der Waals surface area contributed by atoms with E-state index >= 15 is 0 Å². The molecule has 3 atom stereocenters. The lowest BCUT2D eigenvalue weighted by atomic mass is 9.94. The van der Waals surface area contributed by atoms with Crippen molar-refractivity contribution in [3.8, 4) is 0 Å². The summed E-state index contributed by atoms with van der Waals surface area (Å²) >= 11 is 0. The molecule has 0 aromatic carbocycles. The van der Waals surface area contributed by atoms with Gasteiger partial charge in [0.1, 0.15) is 0 Å². The topological polar surface area (TPSA) is 46.5 Å². The van der Waals surface area contributed by atoms with Gasteiger partial charge in [0.05, 0.1) is 11.8 Å². The van der Waals surface area contributed by atoms with Crippen LogP contribution >= 0.6 is 7.60 Å². The summed E-state index contributed by atoms with van der Waals surface area (Å²) in [4.78, 5) is 10.6. The number of hydrogen-bond acceptors (Lipinski definition) is 2. The molecule has 156 valence electrons. The second-order valence-electron chi connectivity index (χ2n) is 8.62. The minimum absolute atomic E-state index is 0.0363. The van der Waals surface area contributed by atoms with E-state index in [9.17, 15) is 9.46 Å². The van der Waals surface area contributed by atoms with E-state index in [1.54, 1.807) is 0 Å². The highest BCUT2D eigenvalue weighted by atomic mass is 31.2. The molecule has 1 fully saturated rings. The maximum Gasteiger partial charge on any atom is 0.331 e. The third-order valence-corrected chi connectivity index (χ3v) is 7.97. The molecule has 4 heteroatoms. The first-order chi connectivity index (χ1) is 12.5. The van der Waals surface area contributed by atoms with Crippen LogP contribution in [0.2, 0.25) is 0 Å². The van der Waals surface area contributed by atoms with Gasteiger partial charge in [-0.25, -0.2) is 0 Å². The predicted molar refractivity (Wildman–Crippen MR) is 113 cm³/mol. The Labute approximate surface area is 163 Å². The van der Waals surface area contributed by atoms with E-state index in [-0.39, 0.29) is 11.8 Å². The molecular weight excluding hydrogens is 343 g/mol. The van der Waals surface area contributed by atoms with Crippen molar-refractivity contribution in [3.63, 3.8) is 0 Å². The van der Waals surface area contributed by atoms with Crippen LogP contribution in [0.1, 0.15) is 124 Å². The van der Waals surface area contributed by atoms with Gasteiger partial charge in [0, 0.05) is 0 Å². The van der Waals surface area contributed by atoms with E-state index in [2.05, 4.69) is 20.8 Å². The third kappa shape index (κ3) is 10.5. The number of rotatable bonds is 15. The summed E-state index contributed by atoms with van der Waals surface area (Å²) < 4.78 is 18.8. The van der Waals surface area contributed by atoms with Crippen LogP contribution in [-0.4, -0.2) is 16.7 Å². The second-order valence-corrected chi connectivity index (χ2v) is 10.7. The van der Waals surface area contributed by atoms with Crippen LogP contribution in [0.15, 0.2) is 0 Å². The highest BCUT2D eigenvalue weighted by Gasteiger charge is 2.35. The molecule has 0 amide bonds. The van der Waals surface area contributed by atoms with Crippen molar-refractivity contribution in [1.82, 2.24) is 0 Å². The Balaban J connectivity index is 2.51. The first-order valence-corrected chi connectivity index (χ1v) is 13.1. The van der Waals surface area contributed by atoms with Crippen LogP contribution in [0.3, 0.4) is 0 Å². The molecule has 1 N–H and O–H groups in total. The van der Waals surface area contributed by atoms with E-state index in [0.717, 1.165) is 44.9 Å². The standard InChI is InChI=1S/C22H45O3P/c1-4-6-8-11-15-20(3)19-21(16-12-9-7-5-2)25-26(23,24)22-17-13-10-14-18-22/h20-22H,4-19H2,1-3H3,(H,23,24). The molecular formula is C22H45O3P. The lowest BCUT2D eigenvalue weighted by Crippen LogP contribution is -2.21. The van der Waals surface area contributed by atoms with Gasteiger partial charge in [0.2, 0.25) is 0 Å². The summed E-state index contributed by atoms with van der Waals surface area (Å²) in [6.07, 6.45) is 18.1. The van der Waals surface area contributed by atoms with Crippen LogP contribution in [0.25, 0.3) is 0 Å². The lowest BCUT2D eigenvalue weighted by molar-refractivity contribution is 0.129. The molecule has 3 nitrogen and oxygen atoms in total. The van der Waals surface area contributed by atoms with Crippen molar-refractivity contribution >= 4 is 7.60 Å². The molecule has 0 saturated heterocycles. The van der Waals surface area contributed by atoms with Crippen LogP contribution < -0.4 is 0 Å². The Morgan fingerprint density at radius 1 is 0.923 bits per heavy atom. The molecule has 1 rings (SSSR count). The molecule has 0 heterocycles. The van der Waals surface area contributed by atoms with E-state index in [1.807, 2.05) is 0 Å². The van der Waals surface area contributed by atoms with Crippen LogP contribution in [0.4, 0.5) is 0 Å². The summed E-state index contributed by atoms with van der Waals surface area (Å²) in [6, 6.07) is 0. The Morgan fingerprint density at radius 3 is 2.08 bits per heavy atom. The average Bonchev–Trinajstić information content (AvgIpc) is 2.63. The normalized spacial score (nSPS) is 20.6. The fourth-order valence-electron chi connectivity index (χ4n) is 4.21. The average molecular weight is 389 g/mol. The predicted octanol–water partition coefficient (Wildman–Crippen LogP) is 7.86. The second kappa shape index (κ2) is 14.2. The minimum atomic E-state index is -3.47. The molecule has 0 aromatic rings. The molecule has 1 aliphatic rings. The minimum Gasteiger partial charge on any atom is -0.324 e. The molecule has 26 heavy (non-hydrogen) atoms. The zero-order valence-electron chi connectivity index (χ0n) is 17.8. The van der Waals surface area contributed by atoms with Crippen LogP contribution in [0, 0.1) is 5.92 Å². The van der Waals surface area contributed by atoms with Crippen molar-refractivity contribution in [2.24, 2.45) is 5.92 Å². The molecule has 0 radical (unpaired) electrons. The zero-order chi connectivity index (χ0) is 19.3. The Kier molecular flexibility index (Phi) is 13.2. The van der Waals surface area contributed by atoms with Crippen molar-refractivity contribution in [2.45, 2.75) is 135 Å². The molecule has 1 aliphatic carbocycles. The highest BCUT2D eigenvalue weighted by Crippen LogP contribution is 2.54. The molecule has 3 unspecified atom stereocenters. The Morgan fingerprint density at radius 2 is 1.50 bits per heavy atom. The van der Waals surface area contributed by atoms with Crippen molar-refractivity contribution in [1.29, 1.82) is 0 Å². The maximum atomic E-state index is 12.9. The van der Waals surface area contributed by atoms with Gasteiger partial charge in [0.15, 0.2) is 0 Å². The van der Waals surface area contributed by atoms with Gasteiger partial charge in [0.25, 0.3) is 0 Å². The van der Waals surface area contributed by atoms with Crippen molar-refractivity contribution in [2.75, 3.05) is 0 Å². The van der Waals surface area contributed by atoms with E-state index in [1.165, 1.54) is 57.8 Å². The van der Waals surface area contributed by atoms with Crippen LogP contribution in [-0.2, 0) is 9.09 Å². The molecule has 0 aliphatic heterocycles. The fourth-order valence-corrected chi connectivity index (χ4v) is 6.01. The van der Waals surface area contributed by atoms with Gasteiger partial charge < -0.3 is 9.42 Å². The van der Waals surface area contributed by atoms with Gasteiger partial charge in [-0.2, -0.15) is 0 Å². The summed E-state index contributed by atoms with van der Waals surface area (Å²) in [5.74, 6) is 0.578. The van der Waals surface area contributed by atoms with E-state index in [4.69, 9.17) is 4.52 Å². The van der Waals surface area contributed by atoms with Crippen molar-refractivity contribution < 1.29 is 14.0 Å². The SMILES string of the molecule is CCCCCCC(C)CC(CCCCCC)OP(=O)(O)C1CCCCC1.